The van der Waals surface area contributed by atoms with Crippen molar-refractivity contribution in [3.05, 3.63) is 0 Å². The van der Waals surface area contributed by atoms with Gasteiger partial charge in [-0.1, -0.05) is 6.92 Å². The van der Waals surface area contributed by atoms with Crippen molar-refractivity contribution in [3.8, 4) is 0 Å². The highest BCUT2D eigenvalue weighted by Gasteiger charge is 2.32. The van der Waals surface area contributed by atoms with Crippen molar-refractivity contribution >= 4 is 5.91 Å². The highest BCUT2D eigenvalue weighted by molar-refractivity contribution is 5.83. The van der Waals surface area contributed by atoms with Crippen LogP contribution in [0.5, 0.6) is 0 Å². The lowest BCUT2D eigenvalue weighted by Gasteiger charge is -2.26. The number of nitrogens with two attached hydrogens (primary N) is 2. The average Bonchev–Trinajstić information content (AvgIpc) is 2.10. The van der Waals surface area contributed by atoms with Gasteiger partial charge in [-0.25, -0.2) is 0 Å². The van der Waals surface area contributed by atoms with Gasteiger partial charge in [0.1, 0.15) is 0 Å². The van der Waals surface area contributed by atoms with Crippen LogP contribution in [0.25, 0.3) is 0 Å². The SMILES string of the molecule is CCN(CCC(C)(N)C(N)=O)CC(F)(F)F. The summed E-state index contributed by atoms with van der Waals surface area (Å²) >= 11 is 0. The molecule has 1 unspecified atom stereocenters. The lowest BCUT2D eigenvalue weighted by molar-refractivity contribution is -0.146. The maximum atomic E-state index is 12.1. The van der Waals surface area contributed by atoms with Crippen LogP contribution in [0.4, 0.5) is 13.2 Å². The largest absolute Gasteiger partial charge is 0.401 e. The number of carbonyl (C=O) groups excluding carboxylic acids is 1. The van der Waals surface area contributed by atoms with E-state index in [9.17, 15) is 18.0 Å². The number of amides is 1. The number of alkyl halides is 3. The Morgan fingerprint density at radius 2 is 1.88 bits per heavy atom. The van der Waals surface area contributed by atoms with E-state index >= 15 is 0 Å². The molecule has 4 N–H and O–H groups in total. The Balaban J connectivity index is 4.21. The van der Waals surface area contributed by atoms with Crippen LogP contribution < -0.4 is 11.5 Å². The summed E-state index contributed by atoms with van der Waals surface area (Å²) in [4.78, 5) is 12.0. The van der Waals surface area contributed by atoms with E-state index in [1.807, 2.05) is 0 Å². The van der Waals surface area contributed by atoms with E-state index in [1.54, 1.807) is 6.92 Å². The molecule has 0 aromatic rings. The Morgan fingerprint density at radius 3 is 2.19 bits per heavy atom. The molecule has 1 amide bonds. The van der Waals surface area contributed by atoms with Gasteiger partial charge in [0.15, 0.2) is 0 Å². The molecular formula is C9H18F3N3O. The van der Waals surface area contributed by atoms with Crippen LogP contribution >= 0.6 is 0 Å². The second kappa shape index (κ2) is 5.49. The molecule has 0 heterocycles. The van der Waals surface area contributed by atoms with Gasteiger partial charge in [-0.2, -0.15) is 13.2 Å². The van der Waals surface area contributed by atoms with Gasteiger partial charge in [-0.3, -0.25) is 9.69 Å². The third-order valence-electron chi connectivity index (χ3n) is 2.36. The normalized spacial score (nSPS) is 16.2. The smallest absolute Gasteiger partial charge is 0.368 e. The van der Waals surface area contributed by atoms with Crippen molar-refractivity contribution in [1.82, 2.24) is 4.90 Å². The second-order valence-corrected chi connectivity index (χ2v) is 4.02. The van der Waals surface area contributed by atoms with E-state index in [2.05, 4.69) is 0 Å². The van der Waals surface area contributed by atoms with Gasteiger partial charge in [-0.15, -0.1) is 0 Å². The van der Waals surface area contributed by atoms with Crippen molar-refractivity contribution in [3.63, 3.8) is 0 Å². The van der Waals surface area contributed by atoms with E-state index in [0.717, 1.165) is 0 Å². The molecule has 0 aromatic heterocycles. The molecule has 4 nitrogen and oxygen atoms in total. The molecule has 0 aliphatic carbocycles. The van der Waals surface area contributed by atoms with Gasteiger partial charge in [0.05, 0.1) is 12.1 Å². The summed E-state index contributed by atoms with van der Waals surface area (Å²) in [5.41, 5.74) is 9.30. The van der Waals surface area contributed by atoms with Gasteiger partial charge in [-0.05, 0) is 19.9 Å². The minimum atomic E-state index is -4.24. The van der Waals surface area contributed by atoms with Crippen LogP contribution in [0, 0.1) is 0 Å². The second-order valence-electron chi connectivity index (χ2n) is 4.02. The summed E-state index contributed by atoms with van der Waals surface area (Å²) in [6.45, 7) is 2.36. The molecule has 0 radical (unpaired) electrons. The van der Waals surface area contributed by atoms with Gasteiger partial charge in [0.2, 0.25) is 5.91 Å². The summed E-state index contributed by atoms with van der Waals surface area (Å²) < 4.78 is 36.3. The zero-order valence-corrected chi connectivity index (χ0v) is 9.47. The molecule has 0 spiro atoms. The molecular weight excluding hydrogens is 223 g/mol. The number of hydrogen-bond donors (Lipinski definition) is 2. The summed E-state index contributed by atoms with van der Waals surface area (Å²) in [6.07, 6.45) is -4.14. The number of halogens is 3. The third-order valence-corrected chi connectivity index (χ3v) is 2.36. The van der Waals surface area contributed by atoms with Crippen molar-refractivity contribution in [1.29, 1.82) is 0 Å². The molecule has 7 heteroatoms. The maximum Gasteiger partial charge on any atom is 0.401 e. The maximum absolute atomic E-state index is 12.1. The van der Waals surface area contributed by atoms with E-state index in [1.165, 1.54) is 11.8 Å². The minimum Gasteiger partial charge on any atom is -0.368 e. The highest BCUT2D eigenvalue weighted by Crippen LogP contribution is 2.17. The molecule has 0 saturated heterocycles. The summed E-state index contributed by atoms with van der Waals surface area (Å²) in [7, 11) is 0. The van der Waals surface area contributed by atoms with E-state index in [0.29, 0.717) is 0 Å². The molecule has 96 valence electrons. The van der Waals surface area contributed by atoms with Crippen LogP contribution in [0.1, 0.15) is 20.3 Å². The van der Waals surface area contributed by atoms with E-state index in [4.69, 9.17) is 11.5 Å². The first kappa shape index (κ1) is 15.2. The molecule has 0 saturated carbocycles. The van der Waals surface area contributed by atoms with Crippen molar-refractivity contribution in [2.24, 2.45) is 11.5 Å². The Labute approximate surface area is 92.8 Å². The number of carbonyl (C=O) groups is 1. The number of nitrogens with zero attached hydrogens (tertiary/aromatic N) is 1. The zero-order valence-electron chi connectivity index (χ0n) is 9.47. The first-order chi connectivity index (χ1) is 7.08. The van der Waals surface area contributed by atoms with E-state index in [-0.39, 0.29) is 19.5 Å². The quantitative estimate of drug-likeness (QED) is 0.709. The monoisotopic (exact) mass is 241 g/mol. The van der Waals surface area contributed by atoms with Gasteiger partial charge < -0.3 is 11.5 Å². The number of rotatable bonds is 6. The van der Waals surface area contributed by atoms with Crippen LogP contribution in [-0.4, -0.2) is 42.2 Å². The topological polar surface area (TPSA) is 72.3 Å². The predicted molar refractivity (Wildman–Crippen MR) is 54.6 cm³/mol. The van der Waals surface area contributed by atoms with Gasteiger partial charge >= 0.3 is 6.18 Å². The Kier molecular flexibility index (Phi) is 5.21. The fourth-order valence-corrected chi connectivity index (χ4v) is 1.12. The fraction of sp³-hybridized carbons (Fsp3) is 0.889. The predicted octanol–water partition coefficient (Wildman–Crippen LogP) is 0.463. The van der Waals surface area contributed by atoms with Crippen LogP contribution in [-0.2, 0) is 4.79 Å². The molecule has 0 rings (SSSR count). The molecule has 0 aromatic carbocycles. The molecule has 0 bridgehead atoms. The lowest BCUT2D eigenvalue weighted by Crippen LogP contribution is -2.51. The zero-order chi connectivity index (χ0) is 13.0. The van der Waals surface area contributed by atoms with Crippen molar-refractivity contribution in [2.45, 2.75) is 32.0 Å². The third kappa shape index (κ3) is 5.92. The van der Waals surface area contributed by atoms with Gasteiger partial charge in [0, 0.05) is 6.54 Å². The van der Waals surface area contributed by atoms with Crippen molar-refractivity contribution in [2.75, 3.05) is 19.6 Å². The molecule has 0 fully saturated rings. The molecule has 0 aliphatic heterocycles. The minimum absolute atomic E-state index is 0.0892. The van der Waals surface area contributed by atoms with Crippen molar-refractivity contribution < 1.29 is 18.0 Å². The van der Waals surface area contributed by atoms with Crippen LogP contribution in [0.15, 0.2) is 0 Å². The fourth-order valence-electron chi connectivity index (χ4n) is 1.12. The Morgan fingerprint density at radius 1 is 1.38 bits per heavy atom. The lowest BCUT2D eigenvalue weighted by atomic mass is 9.98. The Hall–Kier alpha value is -0.820. The first-order valence-electron chi connectivity index (χ1n) is 4.96. The Bertz CT molecular complexity index is 241. The summed E-state index contributed by atoms with van der Waals surface area (Å²) in [5.74, 6) is -0.712. The van der Waals surface area contributed by atoms with Gasteiger partial charge in [0.25, 0.3) is 0 Å². The summed E-state index contributed by atoms with van der Waals surface area (Å²) in [5, 5.41) is 0. The van der Waals surface area contributed by atoms with Crippen LogP contribution in [0.2, 0.25) is 0 Å². The summed E-state index contributed by atoms with van der Waals surface area (Å²) in [6, 6.07) is 0. The standard InChI is InChI=1S/C9H18F3N3O/c1-3-15(6-9(10,11)12)5-4-8(2,14)7(13)16/h3-6,14H2,1-2H3,(H2,13,16). The molecule has 0 aliphatic rings. The average molecular weight is 241 g/mol. The van der Waals surface area contributed by atoms with Crippen LogP contribution in [0.3, 0.4) is 0 Å². The molecule has 16 heavy (non-hydrogen) atoms. The highest BCUT2D eigenvalue weighted by atomic mass is 19.4. The number of primary amides is 1. The first-order valence-corrected chi connectivity index (χ1v) is 4.96. The molecule has 1 atom stereocenters. The number of hydrogen-bond acceptors (Lipinski definition) is 3. The van der Waals surface area contributed by atoms with E-state index < -0.39 is 24.2 Å².